The molecule has 0 radical (unpaired) electrons. The summed E-state index contributed by atoms with van der Waals surface area (Å²) in [5, 5.41) is 3.86. The average molecular weight is 453 g/mol. The molecule has 0 unspecified atom stereocenters. The molecular weight excluding hydrogens is 436 g/mol. The number of furan rings is 1. The van der Waals surface area contributed by atoms with Gasteiger partial charge in [0.1, 0.15) is 11.5 Å². The topological polar surface area (TPSA) is 80.9 Å². The van der Waals surface area contributed by atoms with E-state index in [1.54, 1.807) is 48.5 Å². The Labute approximate surface area is 188 Å². The van der Waals surface area contributed by atoms with E-state index in [0.29, 0.717) is 37.9 Å². The summed E-state index contributed by atoms with van der Waals surface area (Å²) >= 11 is 7.37. The number of thioether (sulfide) groups is 1. The van der Waals surface area contributed by atoms with Crippen molar-refractivity contribution in [3.63, 3.8) is 0 Å². The summed E-state index contributed by atoms with van der Waals surface area (Å²) in [7, 11) is 1.34. The van der Waals surface area contributed by atoms with Gasteiger partial charge in [-0.05, 0) is 60.6 Å². The number of nitrogens with zero attached hydrogens (tertiary/aromatic N) is 1. The van der Waals surface area contributed by atoms with Crippen molar-refractivity contribution in [3.8, 4) is 11.3 Å². The Kier molecular flexibility index (Phi) is 5.97. The van der Waals surface area contributed by atoms with Crippen LogP contribution in [-0.2, 0) is 9.53 Å². The van der Waals surface area contributed by atoms with Gasteiger partial charge in [-0.3, -0.25) is 4.79 Å². The van der Waals surface area contributed by atoms with E-state index in [1.165, 1.54) is 18.9 Å². The number of aliphatic imine (C=N–C) groups is 1. The number of amides is 1. The minimum atomic E-state index is -0.397. The van der Waals surface area contributed by atoms with Crippen molar-refractivity contribution in [3.05, 3.63) is 81.4 Å². The fourth-order valence-corrected chi connectivity index (χ4v) is 3.89. The van der Waals surface area contributed by atoms with Crippen LogP contribution in [0.5, 0.6) is 0 Å². The first-order valence-electron chi connectivity index (χ1n) is 9.28. The number of carbonyl (C=O) groups excluding carboxylic acids is 2. The molecule has 1 aromatic heterocycles. The van der Waals surface area contributed by atoms with Crippen molar-refractivity contribution < 1.29 is 18.7 Å². The molecule has 1 N–H and O–H groups in total. The van der Waals surface area contributed by atoms with Gasteiger partial charge in [0, 0.05) is 16.7 Å². The number of carbonyl (C=O) groups is 2. The van der Waals surface area contributed by atoms with Crippen LogP contribution >= 0.6 is 23.4 Å². The maximum atomic E-state index is 12.3. The third-order valence-corrected chi connectivity index (χ3v) is 5.92. The quantitative estimate of drug-likeness (QED) is 0.412. The standard InChI is InChI=1S/C23H17ClN2O4S/c1-13-17(24)4-3-5-18(13)25-23-26-21(27)20(31-23)12-16-10-11-19(30-16)14-6-8-15(9-7-14)22(28)29-2/h3-12H,1-2H3,(H,25,26,27)/b20-12+. The zero-order valence-corrected chi connectivity index (χ0v) is 18.2. The Morgan fingerprint density at radius 2 is 1.94 bits per heavy atom. The van der Waals surface area contributed by atoms with Crippen LogP contribution in [0.25, 0.3) is 17.4 Å². The molecule has 2 heterocycles. The molecule has 2 aromatic carbocycles. The Bertz CT molecular complexity index is 1230. The van der Waals surface area contributed by atoms with E-state index in [2.05, 4.69) is 10.3 Å². The van der Waals surface area contributed by atoms with Crippen LogP contribution in [0.3, 0.4) is 0 Å². The summed E-state index contributed by atoms with van der Waals surface area (Å²) in [6, 6.07) is 15.9. The maximum absolute atomic E-state index is 12.3. The number of halogens is 1. The van der Waals surface area contributed by atoms with Crippen LogP contribution in [0.15, 0.2) is 68.9 Å². The molecule has 1 aliphatic rings. The van der Waals surface area contributed by atoms with Gasteiger partial charge in [0.25, 0.3) is 5.91 Å². The molecule has 0 aliphatic carbocycles. The summed E-state index contributed by atoms with van der Waals surface area (Å²) in [4.78, 5) is 28.9. The first kappa shape index (κ1) is 21.0. The molecule has 156 valence electrons. The second-order valence-electron chi connectivity index (χ2n) is 6.64. The Morgan fingerprint density at radius 1 is 1.16 bits per heavy atom. The second kappa shape index (κ2) is 8.83. The van der Waals surface area contributed by atoms with Crippen molar-refractivity contribution in [2.24, 2.45) is 4.99 Å². The third-order valence-electron chi connectivity index (χ3n) is 4.60. The number of hydrogen-bond acceptors (Lipinski definition) is 6. The number of methoxy groups -OCH3 is 1. The smallest absolute Gasteiger partial charge is 0.337 e. The van der Waals surface area contributed by atoms with Gasteiger partial charge < -0.3 is 14.5 Å². The van der Waals surface area contributed by atoms with E-state index in [4.69, 9.17) is 20.8 Å². The highest BCUT2D eigenvalue weighted by Crippen LogP contribution is 2.32. The summed E-state index contributed by atoms with van der Waals surface area (Å²) in [5.41, 5.74) is 2.81. The largest absolute Gasteiger partial charge is 0.465 e. The zero-order chi connectivity index (χ0) is 22.0. The summed E-state index contributed by atoms with van der Waals surface area (Å²) < 4.78 is 10.6. The van der Waals surface area contributed by atoms with Crippen molar-refractivity contribution in [2.75, 3.05) is 7.11 Å². The van der Waals surface area contributed by atoms with Gasteiger partial charge in [-0.15, -0.1) is 0 Å². The number of amidine groups is 1. The summed E-state index contributed by atoms with van der Waals surface area (Å²) in [6.45, 7) is 1.88. The van der Waals surface area contributed by atoms with Gasteiger partial charge in [0.2, 0.25) is 0 Å². The Hall–Kier alpha value is -3.29. The van der Waals surface area contributed by atoms with Gasteiger partial charge in [0.15, 0.2) is 5.17 Å². The monoisotopic (exact) mass is 452 g/mol. The molecule has 31 heavy (non-hydrogen) atoms. The van der Waals surface area contributed by atoms with Gasteiger partial charge in [-0.1, -0.05) is 29.8 Å². The lowest BCUT2D eigenvalue weighted by molar-refractivity contribution is -0.115. The number of benzene rings is 2. The molecule has 0 saturated carbocycles. The SMILES string of the molecule is COC(=O)c1ccc(-c2ccc(/C=C3/SC(=Nc4cccc(Cl)c4C)NC3=O)o2)cc1. The van der Waals surface area contributed by atoms with E-state index >= 15 is 0 Å². The van der Waals surface area contributed by atoms with Crippen LogP contribution in [0.2, 0.25) is 5.02 Å². The lowest BCUT2D eigenvalue weighted by Gasteiger charge is -2.02. The lowest BCUT2D eigenvalue weighted by atomic mass is 10.1. The number of nitrogens with one attached hydrogen (secondary N) is 1. The van der Waals surface area contributed by atoms with E-state index in [-0.39, 0.29) is 5.91 Å². The Balaban J connectivity index is 1.53. The second-order valence-corrected chi connectivity index (χ2v) is 8.07. The zero-order valence-electron chi connectivity index (χ0n) is 16.6. The van der Waals surface area contributed by atoms with Crippen LogP contribution < -0.4 is 5.32 Å². The molecular formula is C23H17ClN2O4S. The van der Waals surface area contributed by atoms with E-state index < -0.39 is 5.97 Å². The molecule has 0 atom stereocenters. The molecule has 1 saturated heterocycles. The van der Waals surface area contributed by atoms with Gasteiger partial charge in [0.05, 0.1) is 23.3 Å². The van der Waals surface area contributed by atoms with Crippen molar-refractivity contribution in [1.29, 1.82) is 0 Å². The summed E-state index contributed by atoms with van der Waals surface area (Å²) in [5.74, 6) is 0.509. The first-order chi connectivity index (χ1) is 14.9. The molecule has 1 amide bonds. The molecule has 1 fully saturated rings. The van der Waals surface area contributed by atoms with Crippen molar-refractivity contribution in [1.82, 2.24) is 5.32 Å². The molecule has 4 rings (SSSR count). The highest BCUT2D eigenvalue weighted by Gasteiger charge is 2.24. The highest BCUT2D eigenvalue weighted by atomic mass is 35.5. The number of esters is 1. The van der Waals surface area contributed by atoms with E-state index in [9.17, 15) is 9.59 Å². The number of rotatable bonds is 4. The van der Waals surface area contributed by atoms with Crippen LogP contribution in [0.4, 0.5) is 5.69 Å². The first-order valence-corrected chi connectivity index (χ1v) is 10.5. The average Bonchev–Trinajstić information content (AvgIpc) is 3.38. The van der Waals surface area contributed by atoms with Crippen molar-refractivity contribution >= 4 is 52.2 Å². The molecule has 3 aromatic rings. The number of hydrogen-bond donors (Lipinski definition) is 1. The van der Waals surface area contributed by atoms with Crippen LogP contribution in [0, 0.1) is 6.92 Å². The molecule has 1 aliphatic heterocycles. The van der Waals surface area contributed by atoms with Gasteiger partial charge in [-0.25, -0.2) is 9.79 Å². The normalized spacial score (nSPS) is 16.0. The molecule has 8 heteroatoms. The molecule has 0 bridgehead atoms. The third kappa shape index (κ3) is 4.57. The molecule has 6 nitrogen and oxygen atoms in total. The van der Waals surface area contributed by atoms with Gasteiger partial charge >= 0.3 is 5.97 Å². The minimum Gasteiger partial charge on any atom is -0.465 e. The van der Waals surface area contributed by atoms with E-state index in [1.807, 2.05) is 19.1 Å². The fourth-order valence-electron chi connectivity index (χ4n) is 2.91. The lowest BCUT2D eigenvalue weighted by Crippen LogP contribution is -2.19. The Morgan fingerprint density at radius 3 is 2.68 bits per heavy atom. The summed E-state index contributed by atoms with van der Waals surface area (Å²) in [6.07, 6.45) is 1.67. The predicted molar refractivity (Wildman–Crippen MR) is 122 cm³/mol. The number of ether oxygens (including phenoxy) is 1. The van der Waals surface area contributed by atoms with Crippen LogP contribution in [-0.4, -0.2) is 24.2 Å². The highest BCUT2D eigenvalue weighted by molar-refractivity contribution is 8.18. The predicted octanol–water partition coefficient (Wildman–Crippen LogP) is 5.59. The van der Waals surface area contributed by atoms with E-state index in [0.717, 1.165) is 11.1 Å². The van der Waals surface area contributed by atoms with Gasteiger partial charge in [-0.2, -0.15) is 0 Å². The molecule has 0 spiro atoms. The minimum absolute atomic E-state index is 0.246. The van der Waals surface area contributed by atoms with Crippen molar-refractivity contribution in [2.45, 2.75) is 6.92 Å². The van der Waals surface area contributed by atoms with Crippen LogP contribution in [0.1, 0.15) is 21.7 Å². The fraction of sp³-hybridized carbons (Fsp3) is 0.0870. The maximum Gasteiger partial charge on any atom is 0.337 e.